The Kier molecular flexibility index (Phi) is 9.88. The van der Waals surface area contributed by atoms with Crippen LogP contribution in [0, 0.1) is 5.82 Å². The minimum Gasteiger partial charge on any atom is -0.491 e. The molecule has 0 aromatic heterocycles. The van der Waals surface area contributed by atoms with Gasteiger partial charge in [-0.1, -0.05) is 30.3 Å². The van der Waals surface area contributed by atoms with Gasteiger partial charge in [0.25, 0.3) is 0 Å². The van der Waals surface area contributed by atoms with Crippen LogP contribution >= 0.6 is 0 Å². The Morgan fingerprint density at radius 1 is 1.00 bits per heavy atom. The van der Waals surface area contributed by atoms with Crippen molar-refractivity contribution in [3.63, 3.8) is 0 Å². The number of rotatable bonds is 10. The largest absolute Gasteiger partial charge is 0.491 e. The van der Waals surface area contributed by atoms with Gasteiger partial charge < -0.3 is 30.3 Å². The average Bonchev–Trinajstić information content (AvgIpc) is 3.07. The smallest absolute Gasteiger partial charge is 0.336 e. The highest BCUT2D eigenvalue weighted by Gasteiger charge is 2.49. The second kappa shape index (κ2) is 12.8. The lowest BCUT2D eigenvalue weighted by molar-refractivity contribution is -0.170. The van der Waals surface area contributed by atoms with Crippen molar-refractivity contribution >= 4 is 17.9 Å². The minimum absolute atomic E-state index is 0.155. The van der Waals surface area contributed by atoms with E-state index in [1.165, 1.54) is 11.6 Å². The molecule has 4 rings (SSSR count). The first kappa shape index (κ1) is 31.0. The zero-order valence-electron chi connectivity index (χ0n) is 22.5. The first-order chi connectivity index (χ1) is 18.7. The molecule has 2 aromatic carbocycles. The molecule has 0 spiro atoms. The van der Waals surface area contributed by atoms with E-state index in [1.54, 1.807) is 12.1 Å². The molecule has 2 fully saturated rings. The van der Waals surface area contributed by atoms with Gasteiger partial charge in [0.05, 0.1) is 24.5 Å². The van der Waals surface area contributed by atoms with Crippen molar-refractivity contribution in [2.45, 2.75) is 88.3 Å². The van der Waals surface area contributed by atoms with Gasteiger partial charge in [-0.25, -0.2) is 9.18 Å². The summed E-state index contributed by atoms with van der Waals surface area (Å²) >= 11 is 0. The summed E-state index contributed by atoms with van der Waals surface area (Å²) in [6, 6.07) is 15.5. The number of aliphatic carboxylic acids is 3. The highest BCUT2D eigenvalue weighted by Crippen LogP contribution is 2.46. The molecule has 2 unspecified atom stereocenters. The number of benzene rings is 2. The standard InChI is InChI=1S/C23H28FNO2.C6H8O7/c1-16(2)27-20-7-5-6-17(12-20)15-25-18-10-11-19(25)14-23(26,13-18)21-8-3-4-9-22(21)24;7-3(8)1-6(13,5(11)12)2-4(9)10/h3-9,12,16,18-19,26H,10-11,13-15H2,1-2H3;13H,1-2H2,(H,7,8)(H,9,10)(H,11,12). The third kappa shape index (κ3) is 7.77. The molecule has 2 aliphatic heterocycles. The number of nitrogens with zero attached hydrogens (tertiary/aromatic N) is 1. The molecule has 2 aromatic rings. The fourth-order valence-electron chi connectivity index (χ4n) is 5.55. The van der Waals surface area contributed by atoms with Crippen molar-refractivity contribution in [2.75, 3.05) is 0 Å². The Morgan fingerprint density at radius 2 is 1.57 bits per heavy atom. The van der Waals surface area contributed by atoms with Gasteiger partial charge in [0.1, 0.15) is 11.6 Å². The third-order valence-corrected chi connectivity index (χ3v) is 7.21. The Balaban J connectivity index is 0.000000289. The van der Waals surface area contributed by atoms with Crippen LogP contribution < -0.4 is 4.74 Å². The summed E-state index contributed by atoms with van der Waals surface area (Å²) < 4.78 is 20.1. The zero-order valence-corrected chi connectivity index (χ0v) is 22.5. The average molecular weight is 562 g/mol. The first-order valence-corrected chi connectivity index (χ1v) is 13.1. The van der Waals surface area contributed by atoms with Crippen LogP contribution in [0.1, 0.15) is 63.5 Å². The van der Waals surface area contributed by atoms with E-state index < -0.39 is 42.0 Å². The molecular weight excluding hydrogens is 525 g/mol. The predicted molar refractivity (Wildman–Crippen MR) is 141 cm³/mol. The predicted octanol–water partition coefficient (Wildman–Crippen LogP) is 3.38. The summed E-state index contributed by atoms with van der Waals surface area (Å²) in [4.78, 5) is 33.0. The second-order valence-corrected chi connectivity index (χ2v) is 10.8. The molecule has 11 heteroatoms. The van der Waals surface area contributed by atoms with Crippen molar-refractivity contribution in [3.8, 4) is 5.75 Å². The van der Waals surface area contributed by atoms with Gasteiger partial charge in [0.15, 0.2) is 5.60 Å². The van der Waals surface area contributed by atoms with Crippen LogP contribution in [0.5, 0.6) is 5.75 Å². The van der Waals surface area contributed by atoms with E-state index in [-0.39, 0.29) is 24.0 Å². The number of aliphatic hydroxyl groups is 2. The number of carboxylic acid groups (broad SMARTS) is 3. The SMILES string of the molecule is CC(C)Oc1cccc(CN2C3CCC2CC(O)(c2ccccc2F)C3)c1.O=C(O)CC(O)(CC(=O)O)C(=O)O. The lowest BCUT2D eigenvalue weighted by Crippen LogP contribution is -2.49. The van der Waals surface area contributed by atoms with E-state index in [4.69, 9.17) is 25.2 Å². The monoisotopic (exact) mass is 561 g/mol. The van der Waals surface area contributed by atoms with Gasteiger partial charge in [-0.2, -0.15) is 0 Å². The van der Waals surface area contributed by atoms with Crippen LogP contribution in [-0.4, -0.2) is 72.1 Å². The minimum atomic E-state index is -2.74. The highest BCUT2D eigenvalue weighted by molar-refractivity contribution is 5.88. The topological polar surface area (TPSA) is 165 Å². The molecule has 10 nitrogen and oxygen atoms in total. The molecule has 0 radical (unpaired) electrons. The molecule has 2 heterocycles. The number of hydrogen-bond donors (Lipinski definition) is 5. The number of halogens is 1. The van der Waals surface area contributed by atoms with Crippen LogP contribution in [0.4, 0.5) is 4.39 Å². The van der Waals surface area contributed by atoms with Crippen molar-refractivity contribution in [1.82, 2.24) is 4.90 Å². The third-order valence-electron chi connectivity index (χ3n) is 7.21. The second-order valence-electron chi connectivity index (χ2n) is 10.8. The Hall–Kier alpha value is -3.54. The Bertz CT molecular complexity index is 1190. The van der Waals surface area contributed by atoms with Gasteiger partial charge in [0, 0.05) is 24.2 Å². The maximum Gasteiger partial charge on any atom is 0.336 e. The van der Waals surface area contributed by atoms with Crippen LogP contribution in [0.2, 0.25) is 0 Å². The molecule has 40 heavy (non-hydrogen) atoms. The lowest BCUT2D eigenvalue weighted by Gasteiger charge is -2.44. The summed E-state index contributed by atoms with van der Waals surface area (Å²) in [5, 5.41) is 45.1. The molecule has 2 aliphatic rings. The highest BCUT2D eigenvalue weighted by atomic mass is 19.1. The fraction of sp³-hybridized carbons (Fsp3) is 0.483. The molecule has 2 saturated heterocycles. The van der Waals surface area contributed by atoms with Crippen LogP contribution in [0.3, 0.4) is 0 Å². The molecule has 5 N–H and O–H groups in total. The van der Waals surface area contributed by atoms with E-state index >= 15 is 0 Å². The summed E-state index contributed by atoms with van der Waals surface area (Å²) in [6.07, 6.45) is 1.16. The number of fused-ring (bicyclic) bond motifs is 2. The van der Waals surface area contributed by atoms with Crippen molar-refractivity contribution < 1.29 is 49.0 Å². The number of ether oxygens (including phenoxy) is 1. The van der Waals surface area contributed by atoms with Crippen LogP contribution in [0.25, 0.3) is 0 Å². The number of hydrogen-bond acceptors (Lipinski definition) is 7. The van der Waals surface area contributed by atoms with Gasteiger partial charge in [-0.15, -0.1) is 0 Å². The molecule has 0 aliphatic carbocycles. The van der Waals surface area contributed by atoms with Gasteiger partial charge in [-0.3, -0.25) is 14.5 Å². The van der Waals surface area contributed by atoms with Crippen molar-refractivity contribution in [1.29, 1.82) is 0 Å². The van der Waals surface area contributed by atoms with Gasteiger partial charge in [0.2, 0.25) is 0 Å². The maximum atomic E-state index is 14.3. The lowest BCUT2D eigenvalue weighted by atomic mass is 9.80. The van der Waals surface area contributed by atoms with Gasteiger partial charge in [-0.05, 0) is 63.3 Å². The van der Waals surface area contributed by atoms with Gasteiger partial charge >= 0.3 is 17.9 Å². The first-order valence-electron chi connectivity index (χ1n) is 13.1. The van der Waals surface area contributed by atoms with Crippen LogP contribution in [-0.2, 0) is 26.5 Å². The van der Waals surface area contributed by atoms with E-state index in [2.05, 4.69) is 17.0 Å². The van der Waals surface area contributed by atoms with Crippen molar-refractivity contribution in [3.05, 3.63) is 65.5 Å². The summed E-state index contributed by atoms with van der Waals surface area (Å²) in [5.74, 6) is -4.42. The molecule has 0 amide bonds. The number of carbonyl (C=O) groups is 3. The number of carboxylic acids is 3. The molecular formula is C29H36FNO9. The normalized spacial score (nSPS) is 22.4. The Morgan fingerprint density at radius 3 is 2.08 bits per heavy atom. The quantitative estimate of drug-likeness (QED) is 0.290. The maximum absolute atomic E-state index is 14.3. The van der Waals surface area contributed by atoms with E-state index in [9.17, 15) is 23.9 Å². The fourth-order valence-corrected chi connectivity index (χ4v) is 5.55. The Labute approximate surface area is 231 Å². The van der Waals surface area contributed by atoms with E-state index in [1.807, 2.05) is 32.0 Å². The molecule has 218 valence electrons. The molecule has 2 atom stereocenters. The summed E-state index contributed by atoms with van der Waals surface area (Å²) in [7, 11) is 0. The van der Waals surface area contributed by atoms with E-state index in [0.717, 1.165) is 25.1 Å². The molecule has 0 saturated carbocycles. The number of piperidine rings is 1. The summed E-state index contributed by atoms with van der Waals surface area (Å²) in [6.45, 7) is 4.90. The van der Waals surface area contributed by atoms with E-state index in [0.29, 0.717) is 18.4 Å². The molecule has 2 bridgehead atoms. The van der Waals surface area contributed by atoms with Crippen LogP contribution in [0.15, 0.2) is 48.5 Å². The van der Waals surface area contributed by atoms with Crippen molar-refractivity contribution in [2.24, 2.45) is 0 Å². The zero-order chi connectivity index (χ0) is 29.7. The summed E-state index contributed by atoms with van der Waals surface area (Å²) in [5.41, 5.74) is -2.12.